The Labute approximate surface area is 117 Å². The summed E-state index contributed by atoms with van der Waals surface area (Å²) in [5, 5.41) is 9.73. The SMILES string of the molecule is CN(CC1(C(=O)O)CCCCCC1)C1CCCCC1. The van der Waals surface area contributed by atoms with Crippen LogP contribution >= 0.6 is 0 Å². The zero-order chi connectivity index (χ0) is 13.7. The lowest BCUT2D eigenvalue weighted by atomic mass is 9.79. The van der Waals surface area contributed by atoms with E-state index in [4.69, 9.17) is 0 Å². The molecule has 0 radical (unpaired) electrons. The highest BCUT2D eigenvalue weighted by molar-refractivity contribution is 5.75. The largest absolute Gasteiger partial charge is 0.481 e. The van der Waals surface area contributed by atoms with Crippen LogP contribution in [0.4, 0.5) is 0 Å². The molecule has 0 heterocycles. The fourth-order valence-corrected chi connectivity index (χ4v) is 3.97. The van der Waals surface area contributed by atoms with Gasteiger partial charge in [0.2, 0.25) is 0 Å². The molecule has 1 N–H and O–H groups in total. The first-order valence-electron chi connectivity index (χ1n) is 8.08. The number of carboxylic acids is 1. The average Bonchev–Trinajstić information content (AvgIpc) is 2.66. The number of hydrogen-bond acceptors (Lipinski definition) is 2. The maximum Gasteiger partial charge on any atom is 0.310 e. The summed E-state index contributed by atoms with van der Waals surface area (Å²) in [5.74, 6) is -0.558. The van der Waals surface area contributed by atoms with Gasteiger partial charge in [-0.1, -0.05) is 44.9 Å². The fourth-order valence-electron chi connectivity index (χ4n) is 3.97. The van der Waals surface area contributed by atoms with Crippen LogP contribution in [-0.2, 0) is 4.79 Å². The molecule has 3 nitrogen and oxygen atoms in total. The maximum atomic E-state index is 11.8. The molecule has 0 aliphatic heterocycles. The van der Waals surface area contributed by atoms with Crippen LogP contribution in [0.15, 0.2) is 0 Å². The molecule has 0 aromatic carbocycles. The summed E-state index contributed by atoms with van der Waals surface area (Å²) in [6.45, 7) is 0.757. The van der Waals surface area contributed by atoms with Gasteiger partial charge in [0.25, 0.3) is 0 Å². The van der Waals surface area contributed by atoms with Crippen molar-refractivity contribution in [3.8, 4) is 0 Å². The van der Waals surface area contributed by atoms with Crippen LogP contribution in [0, 0.1) is 5.41 Å². The second kappa shape index (κ2) is 6.74. The van der Waals surface area contributed by atoms with E-state index in [1.165, 1.54) is 44.9 Å². The topological polar surface area (TPSA) is 40.5 Å². The van der Waals surface area contributed by atoms with Crippen LogP contribution in [0.5, 0.6) is 0 Å². The highest BCUT2D eigenvalue weighted by Gasteiger charge is 2.40. The van der Waals surface area contributed by atoms with Crippen molar-refractivity contribution in [1.29, 1.82) is 0 Å². The van der Waals surface area contributed by atoms with Crippen molar-refractivity contribution in [2.75, 3.05) is 13.6 Å². The summed E-state index contributed by atoms with van der Waals surface area (Å²) in [4.78, 5) is 14.2. The summed E-state index contributed by atoms with van der Waals surface area (Å²) in [7, 11) is 2.14. The Morgan fingerprint density at radius 2 is 1.58 bits per heavy atom. The molecule has 2 rings (SSSR count). The van der Waals surface area contributed by atoms with E-state index in [9.17, 15) is 9.90 Å². The third-order valence-electron chi connectivity index (χ3n) is 5.26. The lowest BCUT2D eigenvalue weighted by molar-refractivity contribution is -0.151. The van der Waals surface area contributed by atoms with Gasteiger partial charge in [0, 0.05) is 12.6 Å². The van der Waals surface area contributed by atoms with Gasteiger partial charge in [-0.25, -0.2) is 0 Å². The van der Waals surface area contributed by atoms with E-state index in [1.54, 1.807) is 0 Å². The van der Waals surface area contributed by atoms with Crippen LogP contribution in [0.2, 0.25) is 0 Å². The monoisotopic (exact) mass is 267 g/mol. The van der Waals surface area contributed by atoms with E-state index in [2.05, 4.69) is 11.9 Å². The highest BCUT2D eigenvalue weighted by Crippen LogP contribution is 2.37. The van der Waals surface area contributed by atoms with Gasteiger partial charge in [0.1, 0.15) is 0 Å². The maximum absolute atomic E-state index is 11.8. The molecule has 2 aliphatic rings. The second-order valence-corrected chi connectivity index (χ2v) is 6.71. The average molecular weight is 267 g/mol. The van der Waals surface area contributed by atoms with Crippen molar-refractivity contribution in [1.82, 2.24) is 4.90 Å². The van der Waals surface area contributed by atoms with Gasteiger partial charge < -0.3 is 10.0 Å². The Hall–Kier alpha value is -0.570. The Balaban J connectivity index is 2.00. The smallest absolute Gasteiger partial charge is 0.310 e. The number of rotatable bonds is 4. The highest BCUT2D eigenvalue weighted by atomic mass is 16.4. The van der Waals surface area contributed by atoms with Gasteiger partial charge in [0.15, 0.2) is 0 Å². The molecule has 19 heavy (non-hydrogen) atoms. The van der Waals surface area contributed by atoms with E-state index >= 15 is 0 Å². The van der Waals surface area contributed by atoms with E-state index in [1.807, 2.05) is 0 Å². The quantitative estimate of drug-likeness (QED) is 0.790. The first-order valence-corrected chi connectivity index (χ1v) is 8.08. The Morgan fingerprint density at radius 1 is 1.05 bits per heavy atom. The van der Waals surface area contributed by atoms with Crippen molar-refractivity contribution in [3.05, 3.63) is 0 Å². The summed E-state index contributed by atoms with van der Waals surface area (Å²) in [6, 6.07) is 0.619. The third kappa shape index (κ3) is 3.71. The molecule has 2 fully saturated rings. The van der Waals surface area contributed by atoms with E-state index in [0.29, 0.717) is 6.04 Å². The molecule has 0 bridgehead atoms. The molecule has 0 aromatic heterocycles. The van der Waals surface area contributed by atoms with E-state index < -0.39 is 11.4 Å². The predicted octanol–water partition coefficient (Wildman–Crippen LogP) is 3.68. The zero-order valence-corrected chi connectivity index (χ0v) is 12.4. The van der Waals surface area contributed by atoms with Gasteiger partial charge in [0.05, 0.1) is 5.41 Å². The molecule has 2 aliphatic carbocycles. The van der Waals surface area contributed by atoms with Gasteiger partial charge in [-0.05, 0) is 32.7 Å². The van der Waals surface area contributed by atoms with Crippen LogP contribution in [0.25, 0.3) is 0 Å². The van der Waals surface area contributed by atoms with Crippen LogP contribution < -0.4 is 0 Å². The van der Waals surface area contributed by atoms with E-state index in [0.717, 1.165) is 32.2 Å². The van der Waals surface area contributed by atoms with Crippen molar-refractivity contribution >= 4 is 5.97 Å². The lowest BCUT2D eigenvalue weighted by Gasteiger charge is -2.38. The van der Waals surface area contributed by atoms with Crippen molar-refractivity contribution in [2.45, 2.75) is 76.7 Å². The first-order chi connectivity index (χ1) is 9.14. The normalized spacial score (nSPS) is 25.2. The standard InChI is InChI=1S/C16H29NO2/c1-17(14-9-5-4-6-10-14)13-16(15(18)19)11-7-2-3-8-12-16/h14H,2-13H2,1H3,(H,18,19). The summed E-state index contributed by atoms with van der Waals surface area (Å²) >= 11 is 0. The zero-order valence-electron chi connectivity index (χ0n) is 12.4. The predicted molar refractivity (Wildman–Crippen MR) is 77.3 cm³/mol. The molecule has 0 atom stereocenters. The summed E-state index contributed by atoms with van der Waals surface area (Å²) in [6.07, 6.45) is 12.8. The van der Waals surface area contributed by atoms with Gasteiger partial charge in [-0.15, -0.1) is 0 Å². The number of carboxylic acid groups (broad SMARTS) is 1. The van der Waals surface area contributed by atoms with Gasteiger partial charge in [-0.2, -0.15) is 0 Å². The van der Waals surface area contributed by atoms with Crippen LogP contribution in [-0.4, -0.2) is 35.6 Å². The minimum absolute atomic E-state index is 0.470. The Kier molecular flexibility index (Phi) is 5.26. The summed E-state index contributed by atoms with van der Waals surface area (Å²) < 4.78 is 0. The minimum atomic E-state index is -0.558. The molecule has 0 aromatic rings. The van der Waals surface area contributed by atoms with E-state index in [-0.39, 0.29) is 0 Å². The van der Waals surface area contributed by atoms with Gasteiger partial charge >= 0.3 is 5.97 Å². The molecule has 0 saturated heterocycles. The lowest BCUT2D eigenvalue weighted by Crippen LogP contribution is -2.45. The second-order valence-electron chi connectivity index (χ2n) is 6.71. The van der Waals surface area contributed by atoms with Crippen molar-refractivity contribution in [2.24, 2.45) is 5.41 Å². The molecule has 0 amide bonds. The van der Waals surface area contributed by atoms with Gasteiger partial charge in [-0.3, -0.25) is 4.79 Å². The number of carbonyl (C=O) groups is 1. The number of hydrogen-bond donors (Lipinski definition) is 1. The number of aliphatic carboxylic acids is 1. The minimum Gasteiger partial charge on any atom is -0.481 e. The first kappa shape index (κ1) is 14.8. The fraction of sp³-hybridized carbons (Fsp3) is 0.938. The third-order valence-corrected chi connectivity index (χ3v) is 5.26. The molecule has 3 heteroatoms. The Morgan fingerprint density at radius 3 is 2.11 bits per heavy atom. The van der Waals surface area contributed by atoms with Crippen molar-refractivity contribution < 1.29 is 9.90 Å². The molecule has 2 saturated carbocycles. The molecule has 0 spiro atoms. The van der Waals surface area contributed by atoms with Crippen LogP contribution in [0.3, 0.4) is 0 Å². The molecular formula is C16H29NO2. The summed E-state index contributed by atoms with van der Waals surface area (Å²) in [5.41, 5.74) is -0.470. The molecular weight excluding hydrogens is 238 g/mol. The number of nitrogens with zero attached hydrogens (tertiary/aromatic N) is 1. The Bertz CT molecular complexity index is 289. The molecule has 110 valence electrons. The molecule has 0 unspecified atom stereocenters. The van der Waals surface area contributed by atoms with Crippen LogP contribution in [0.1, 0.15) is 70.6 Å². The van der Waals surface area contributed by atoms with Crippen molar-refractivity contribution in [3.63, 3.8) is 0 Å².